The fraction of sp³-hybridized carbons (Fsp3) is 0.0714. The predicted octanol–water partition coefficient (Wildman–Crippen LogP) is 3.43. The lowest BCUT2D eigenvalue weighted by molar-refractivity contribution is 0.920. The van der Waals surface area contributed by atoms with Gasteiger partial charge in [0.05, 0.1) is 5.69 Å². The topological polar surface area (TPSA) is 47.5 Å². The van der Waals surface area contributed by atoms with Crippen LogP contribution in [-0.2, 0) is 5.75 Å². The molecule has 0 aliphatic rings. The molecule has 4 aromatic rings. The van der Waals surface area contributed by atoms with Gasteiger partial charge >= 0.3 is 0 Å². The predicted molar refractivity (Wildman–Crippen MR) is 85.4 cm³/mol. The summed E-state index contributed by atoms with van der Waals surface area (Å²) in [6.07, 6.45) is 6.01. The van der Waals surface area contributed by atoms with E-state index in [1.54, 1.807) is 11.8 Å². The van der Waals surface area contributed by atoms with E-state index in [0.717, 1.165) is 32.4 Å². The number of fused-ring (bicyclic) bond motifs is 2. The molecule has 104 valence electrons. The van der Waals surface area contributed by atoms with Gasteiger partial charge in [0.25, 0.3) is 0 Å². The van der Waals surface area contributed by atoms with Crippen LogP contribution in [0.3, 0.4) is 0 Å². The summed E-state index contributed by atoms with van der Waals surface area (Å²) in [6, 6.07) is 9.86. The Kier molecular flexibility index (Phi) is 3.16. The summed E-state index contributed by atoms with van der Waals surface area (Å²) in [7, 11) is 0. The number of hydrogen-bond acceptors (Lipinski definition) is 4. The molecule has 0 unspecified atom stereocenters. The van der Waals surface area contributed by atoms with Gasteiger partial charge in [0.1, 0.15) is 5.65 Å². The van der Waals surface area contributed by atoms with Crippen LogP contribution in [-0.4, -0.2) is 24.0 Å². The van der Waals surface area contributed by atoms with Crippen LogP contribution in [0, 0.1) is 0 Å². The van der Waals surface area contributed by atoms with Gasteiger partial charge in [-0.15, -0.1) is 10.2 Å². The summed E-state index contributed by atoms with van der Waals surface area (Å²) < 4.78 is 5.04. The minimum absolute atomic E-state index is 0.759. The van der Waals surface area contributed by atoms with E-state index in [1.165, 1.54) is 0 Å². The van der Waals surface area contributed by atoms with E-state index in [4.69, 9.17) is 0 Å². The first-order valence-corrected chi connectivity index (χ1v) is 8.13. The van der Waals surface area contributed by atoms with Crippen molar-refractivity contribution in [1.82, 2.24) is 24.0 Å². The van der Waals surface area contributed by atoms with Gasteiger partial charge in [-0.1, -0.05) is 17.8 Å². The number of halogens is 1. The molecule has 0 bridgehead atoms. The maximum Gasteiger partial charge on any atom is 0.195 e. The number of rotatable bonds is 3. The molecule has 7 heteroatoms. The molecule has 0 fully saturated rings. The summed E-state index contributed by atoms with van der Waals surface area (Å²) in [5.41, 5.74) is 2.82. The van der Waals surface area contributed by atoms with E-state index in [-0.39, 0.29) is 0 Å². The lowest BCUT2D eigenvalue weighted by atomic mass is 10.5. The number of thioether (sulfide) groups is 1. The third-order valence-corrected chi connectivity index (χ3v) is 4.54. The van der Waals surface area contributed by atoms with Gasteiger partial charge in [-0.2, -0.15) is 0 Å². The molecule has 0 aliphatic carbocycles. The number of nitrogens with zero attached hydrogens (tertiary/aromatic N) is 5. The average molecular weight is 360 g/mol. The van der Waals surface area contributed by atoms with Crippen molar-refractivity contribution in [3.8, 4) is 0 Å². The summed E-state index contributed by atoms with van der Waals surface area (Å²) in [5, 5.41) is 9.24. The van der Waals surface area contributed by atoms with E-state index in [1.807, 2.05) is 57.7 Å². The quantitative estimate of drug-likeness (QED) is 0.525. The zero-order chi connectivity index (χ0) is 14.2. The second-order valence-electron chi connectivity index (χ2n) is 4.55. The number of pyridine rings is 2. The Hall–Kier alpha value is -1.86. The zero-order valence-electron chi connectivity index (χ0n) is 10.8. The molecule has 0 radical (unpaired) electrons. The van der Waals surface area contributed by atoms with Crippen molar-refractivity contribution in [3.63, 3.8) is 0 Å². The SMILES string of the molecule is Brc1ccc2nc(CSc3nnc4ccccn34)cn2c1. The summed E-state index contributed by atoms with van der Waals surface area (Å²) in [5.74, 6) is 0.759. The maximum atomic E-state index is 4.60. The van der Waals surface area contributed by atoms with E-state index in [0.29, 0.717) is 0 Å². The molecule has 0 aliphatic heterocycles. The smallest absolute Gasteiger partial charge is 0.195 e. The summed E-state index contributed by atoms with van der Waals surface area (Å²) in [4.78, 5) is 4.60. The van der Waals surface area contributed by atoms with Crippen molar-refractivity contribution < 1.29 is 0 Å². The molecule has 4 rings (SSSR count). The second-order valence-corrected chi connectivity index (χ2v) is 6.40. The van der Waals surface area contributed by atoms with Crippen LogP contribution >= 0.6 is 27.7 Å². The summed E-state index contributed by atoms with van der Waals surface area (Å²) >= 11 is 5.09. The molecule has 5 nitrogen and oxygen atoms in total. The fourth-order valence-electron chi connectivity index (χ4n) is 2.14. The lowest BCUT2D eigenvalue weighted by Gasteiger charge is -1.97. The highest BCUT2D eigenvalue weighted by atomic mass is 79.9. The fourth-order valence-corrected chi connectivity index (χ4v) is 3.30. The third-order valence-electron chi connectivity index (χ3n) is 3.10. The van der Waals surface area contributed by atoms with Gasteiger partial charge in [0.15, 0.2) is 10.8 Å². The van der Waals surface area contributed by atoms with E-state index in [2.05, 4.69) is 31.1 Å². The minimum atomic E-state index is 0.759. The van der Waals surface area contributed by atoms with E-state index in [9.17, 15) is 0 Å². The van der Waals surface area contributed by atoms with Gasteiger partial charge in [-0.25, -0.2) is 4.98 Å². The van der Waals surface area contributed by atoms with Gasteiger partial charge in [-0.05, 0) is 40.2 Å². The second kappa shape index (κ2) is 5.16. The Labute approximate surface area is 133 Å². The summed E-state index contributed by atoms with van der Waals surface area (Å²) in [6.45, 7) is 0. The van der Waals surface area contributed by atoms with Crippen molar-refractivity contribution >= 4 is 39.0 Å². The average Bonchev–Trinajstić information content (AvgIpc) is 3.08. The standard InChI is InChI=1S/C14H10BrN5S/c15-10-4-5-12-16-11(8-19(12)7-10)9-21-14-18-17-13-3-1-2-6-20(13)14/h1-8H,9H2. The van der Waals surface area contributed by atoms with Crippen molar-refractivity contribution in [1.29, 1.82) is 0 Å². The van der Waals surface area contributed by atoms with Crippen molar-refractivity contribution in [2.45, 2.75) is 10.9 Å². The highest BCUT2D eigenvalue weighted by molar-refractivity contribution is 9.10. The molecule has 0 atom stereocenters. The molecule has 0 N–H and O–H groups in total. The monoisotopic (exact) mass is 359 g/mol. The highest BCUT2D eigenvalue weighted by Gasteiger charge is 2.07. The largest absolute Gasteiger partial charge is 0.306 e. The van der Waals surface area contributed by atoms with Crippen molar-refractivity contribution in [2.75, 3.05) is 0 Å². The van der Waals surface area contributed by atoms with Gasteiger partial charge in [0, 0.05) is 28.8 Å². The van der Waals surface area contributed by atoms with Crippen LogP contribution in [0.5, 0.6) is 0 Å². The van der Waals surface area contributed by atoms with Gasteiger partial charge in [-0.3, -0.25) is 4.40 Å². The first kappa shape index (κ1) is 12.8. The van der Waals surface area contributed by atoms with Crippen LogP contribution in [0.25, 0.3) is 11.3 Å². The van der Waals surface area contributed by atoms with Crippen molar-refractivity contribution in [2.24, 2.45) is 0 Å². The first-order chi connectivity index (χ1) is 10.3. The first-order valence-electron chi connectivity index (χ1n) is 6.35. The van der Waals surface area contributed by atoms with Crippen LogP contribution in [0.2, 0.25) is 0 Å². The maximum absolute atomic E-state index is 4.60. The third kappa shape index (κ3) is 2.43. The van der Waals surface area contributed by atoms with Crippen LogP contribution in [0.15, 0.2) is 58.6 Å². The molecule has 4 aromatic heterocycles. The zero-order valence-corrected chi connectivity index (χ0v) is 13.3. The van der Waals surface area contributed by atoms with Crippen LogP contribution in [0.1, 0.15) is 5.69 Å². The molecule has 0 amide bonds. The molecule has 0 saturated heterocycles. The molecule has 4 heterocycles. The normalized spacial score (nSPS) is 11.5. The number of aromatic nitrogens is 5. The van der Waals surface area contributed by atoms with E-state index < -0.39 is 0 Å². The Balaban J connectivity index is 1.60. The number of imidazole rings is 1. The highest BCUT2D eigenvalue weighted by Crippen LogP contribution is 2.22. The van der Waals surface area contributed by atoms with Crippen molar-refractivity contribution in [3.05, 3.63) is 59.1 Å². The number of hydrogen-bond donors (Lipinski definition) is 0. The molecule has 0 spiro atoms. The minimum Gasteiger partial charge on any atom is -0.306 e. The van der Waals surface area contributed by atoms with Crippen LogP contribution in [0.4, 0.5) is 0 Å². The van der Waals surface area contributed by atoms with Gasteiger partial charge in [0.2, 0.25) is 0 Å². The molecular weight excluding hydrogens is 350 g/mol. The molecular formula is C14H10BrN5S. The molecule has 21 heavy (non-hydrogen) atoms. The Morgan fingerprint density at radius 2 is 2.00 bits per heavy atom. The Bertz CT molecular complexity index is 929. The molecule has 0 aromatic carbocycles. The Morgan fingerprint density at radius 1 is 1.05 bits per heavy atom. The Morgan fingerprint density at radius 3 is 2.95 bits per heavy atom. The van der Waals surface area contributed by atoms with Crippen LogP contribution < -0.4 is 0 Å². The molecule has 0 saturated carbocycles. The van der Waals surface area contributed by atoms with E-state index >= 15 is 0 Å². The van der Waals surface area contributed by atoms with Gasteiger partial charge < -0.3 is 4.40 Å². The lowest BCUT2D eigenvalue weighted by Crippen LogP contribution is -1.87.